The van der Waals surface area contributed by atoms with Crippen LogP contribution in [0.25, 0.3) is 0 Å². The van der Waals surface area contributed by atoms with Crippen LogP contribution in [0.1, 0.15) is 247 Å². The number of hydrogen-bond acceptors (Lipinski definition) is 6. The van der Waals surface area contributed by atoms with Crippen LogP contribution in [0.5, 0.6) is 0 Å². The monoisotopic (exact) mass is 737 g/mol. The third-order valence-corrected chi connectivity index (χ3v) is 10.2. The average molecular weight is 737 g/mol. The van der Waals surface area contributed by atoms with Crippen LogP contribution in [-0.2, 0) is 28.6 Å². The molecular formula is C46H88O6. The Labute approximate surface area is 323 Å². The van der Waals surface area contributed by atoms with E-state index in [0.717, 1.165) is 69.6 Å². The van der Waals surface area contributed by atoms with E-state index in [1.54, 1.807) is 0 Å². The molecule has 0 aliphatic rings. The van der Waals surface area contributed by atoms with E-state index in [0.29, 0.717) is 19.3 Å². The third-order valence-electron chi connectivity index (χ3n) is 10.2. The van der Waals surface area contributed by atoms with Gasteiger partial charge < -0.3 is 14.2 Å². The van der Waals surface area contributed by atoms with Crippen molar-refractivity contribution < 1.29 is 28.6 Å². The molecule has 0 aliphatic carbocycles. The molecule has 0 saturated carbocycles. The van der Waals surface area contributed by atoms with Crippen molar-refractivity contribution >= 4 is 17.9 Å². The fraction of sp³-hybridized carbons (Fsp3) is 0.935. The maximum absolute atomic E-state index is 12.7. The van der Waals surface area contributed by atoms with Gasteiger partial charge >= 0.3 is 17.9 Å². The number of hydrogen-bond donors (Lipinski definition) is 0. The summed E-state index contributed by atoms with van der Waals surface area (Å²) < 4.78 is 16.7. The summed E-state index contributed by atoms with van der Waals surface area (Å²) in [5.41, 5.74) is 0. The van der Waals surface area contributed by atoms with Crippen molar-refractivity contribution in [3.05, 3.63) is 0 Å². The third kappa shape index (κ3) is 39.6. The van der Waals surface area contributed by atoms with E-state index in [1.807, 2.05) is 0 Å². The van der Waals surface area contributed by atoms with Gasteiger partial charge in [0, 0.05) is 19.3 Å². The Bertz CT molecular complexity index is 794. The van der Waals surface area contributed by atoms with Crippen molar-refractivity contribution in [1.82, 2.24) is 0 Å². The van der Waals surface area contributed by atoms with E-state index in [1.165, 1.54) is 135 Å². The number of esters is 3. The average Bonchev–Trinajstić information content (AvgIpc) is 3.11. The van der Waals surface area contributed by atoms with Crippen LogP contribution in [-0.4, -0.2) is 37.2 Å². The van der Waals surface area contributed by atoms with Gasteiger partial charge in [0.2, 0.25) is 0 Å². The van der Waals surface area contributed by atoms with Crippen molar-refractivity contribution in [3.63, 3.8) is 0 Å². The van der Waals surface area contributed by atoms with Crippen LogP contribution in [0.15, 0.2) is 0 Å². The van der Waals surface area contributed by atoms with Crippen molar-refractivity contribution in [3.8, 4) is 0 Å². The van der Waals surface area contributed by atoms with Crippen LogP contribution in [0.3, 0.4) is 0 Å². The van der Waals surface area contributed by atoms with Gasteiger partial charge in [-0.25, -0.2) is 0 Å². The molecule has 6 heteroatoms. The normalized spacial score (nSPS) is 12.1. The zero-order valence-corrected chi connectivity index (χ0v) is 35.4. The van der Waals surface area contributed by atoms with Gasteiger partial charge in [-0.05, 0) is 31.1 Å². The highest BCUT2D eigenvalue weighted by atomic mass is 16.6. The topological polar surface area (TPSA) is 78.9 Å². The first-order valence-corrected chi connectivity index (χ1v) is 22.7. The Morgan fingerprint density at radius 1 is 0.365 bits per heavy atom. The largest absolute Gasteiger partial charge is 0.462 e. The summed E-state index contributed by atoms with van der Waals surface area (Å²) in [6, 6.07) is 0. The summed E-state index contributed by atoms with van der Waals surface area (Å²) in [5, 5.41) is 0. The van der Waals surface area contributed by atoms with E-state index in [2.05, 4.69) is 34.6 Å². The van der Waals surface area contributed by atoms with Crippen LogP contribution in [0.4, 0.5) is 0 Å². The first kappa shape index (κ1) is 50.4. The maximum atomic E-state index is 12.7. The van der Waals surface area contributed by atoms with Gasteiger partial charge in [-0.2, -0.15) is 0 Å². The van der Waals surface area contributed by atoms with E-state index in [9.17, 15) is 14.4 Å². The summed E-state index contributed by atoms with van der Waals surface area (Å²) in [6.45, 7) is 11.3. The van der Waals surface area contributed by atoms with Gasteiger partial charge in [0.05, 0.1) is 0 Å². The highest BCUT2D eigenvalue weighted by molar-refractivity contribution is 5.71. The molecule has 52 heavy (non-hydrogen) atoms. The predicted octanol–water partition coefficient (Wildman–Crippen LogP) is 14.2. The van der Waals surface area contributed by atoms with Crippen LogP contribution in [0.2, 0.25) is 0 Å². The molecule has 0 radical (unpaired) electrons. The lowest BCUT2D eigenvalue weighted by molar-refractivity contribution is -0.167. The van der Waals surface area contributed by atoms with Gasteiger partial charge in [0.1, 0.15) is 13.2 Å². The zero-order chi connectivity index (χ0) is 38.3. The van der Waals surface area contributed by atoms with Gasteiger partial charge in [-0.15, -0.1) is 0 Å². The SMILES string of the molecule is CCCCCCCCCCCC(=O)OC[C@H](COC(=O)CCCCCCCCCCCCCC(C)C)OC(=O)CCCCCCCCCCC(C)C. The molecule has 0 aromatic carbocycles. The van der Waals surface area contributed by atoms with Crippen molar-refractivity contribution in [2.75, 3.05) is 13.2 Å². The second-order valence-corrected chi connectivity index (χ2v) is 16.6. The molecule has 0 amide bonds. The molecule has 0 unspecified atom stereocenters. The number of ether oxygens (including phenoxy) is 3. The molecule has 0 bridgehead atoms. The molecule has 0 fully saturated rings. The molecular weight excluding hydrogens is 649 g/mol. The van der Waals surface area contributed by atoms with Crippen LogP contribution in [0, 0.1) is 11.8 Å². The zero-order valence-electron chi connectivity index (χ0n) is 35.4. The molecule has 0 N–H and O–H groups in total. The van der Waals surface area contributed by atoms with Gasteiger partial charge in [-0.1, -0.05) is 208 Å². The quantitative estimate of drug-likeness (QED) is 0.0354. The van der Waals surface area contributed by atoms with E-state index >= 15 is 0 Å². The smallest absolute Gasteiger partial charge is 0.306 e. The Kier molecular flexibility index (Phi) is 37.9. The Balaban J connectivity index is 4.31. The summed E-state index contributed by atoms with van der Waals surface area (Å²) in [6.07, 6.45) is 36.6. The molecule has 0 spiro atoms. The molecule has 0 rings (SSSR count). The van der Waals surface area contributed by atoms with E-state index in [4.69, 9.17) is 14.2 Å². The summed E-state index contributed by atoms with van der Waals surface area (Å²) in [7, 11) is 0. The van der Waals surface area contributed by atoms with Crippen molar-refractivity contribution in [2.45, 2.75) is 253 Å². The summed E-state index contributed by atoms with van der Waals surface area (Å²) >= 11 is 0. The minimum absolute atomic E-state index is 0.0653. The first-order valence-electron chi connectivity index (χ1n) is 22.7. The lowest BCUT2D eigenvalue weighted by Gasteiger charge is -2.18. The van der Waals surface area contributed by atoms with Crippen molar-refractivity contribution in [1.29, 1.82) is 0 Å². The maximum Gasteiger partial charge on any atom is 0.306 e. The number of carbonyl (C=O) groups excluding carboxylic acids is 3. The second-order valence-electron chi connectivity index (χ2n) is 16.6. The number of carbonyl (C=O) groups is 3. The summed E-state index contributed by atoms with van der Waals surface area (Å²) in [4.78, 5) is 37.6. The highest BCUT2D eigenvalue weighted by Crippen LogP contribution is 2.16. The second kappa shape index (κ2) is 39.1. The molecule has 0 aromatic rings. The molecule has 0 heterocycles. The minimum atomic E-state index is -0.760. The minimum Gasteiger partial charge on any atom is -0.462 e. The lowest BCUT2D eigenvalue weighted by Crippen LogP contribution is -2.30. The molecule has 308 valence electrons. The number of unbranched alkanes of at least 4 members (excludes halogenated alkanes) is 25. The Morgan fingerprint density at radius 2 is 0.635 bits per heavy atom. The fourth-order valence-electron chi connectivity index (χ4n) is 6.75. The molecule has 1 atom stereocenters. The molecule has 0 aliphatic heterocycles. The van der Waals surface area contributed by atoms with E-state index < -0.39 is 6.10 Å². The van der Waals surface area contributed by atoms with E-state index in [-0.39, 0.29) is 31.1 Å². The van der Waals surface area contributed by atoms with Crippen LogP contribution < -0.4 is 0 Å². The molecule has 0 saturated heterocycles. The van der Waals surface area contributed by atoms with Gasteiger partial charge in [0.25, 0.3) is 0 Å². The Morgan fingerprint density at radius 3 is 0.942 bits per heavy atom. The number of rotatable bonds is 40. The van der Waals surface area contributed by atoms with Gasteiger partial charge in [-0.3, -0.25) is 14.4 Å². The standard InChI is InChI=1S/C46H88O6/c1-6-7-8-9-10-14-21-26-31-36-44(47)50-39-43(52-46(49)38-33-28-23-18-17-20-25-30-35-42(4)5)40-51-45(48)37-32-27-22-16-13-11-12-15-19-24-29-34-41(2)3/h41-43H,6-40H2,1-5H3/t43-/m1/s1. The fourth-order valence-corrected chi connectivity index (χ4v) is 6.75. The van der Waals surface area contributed by atoms with Crippen molar-refractivity contribution in [2.24, 2.45) is 11.8 Å². The first-order chi connectivity index (χ1) is 25.2. The predicted molar refractivity (Wildman–Crippen MR) is 220 cm³/mol. The molecule has 0 aromatic heterocycles. The lowest BCUT2D eigenvalue weighted by atomic mass is 10.0. The molecule has 6 nitrogen and oxygen atoms in total. The van der Waals surface area contributed by atoms with Gasteiger partial charge in [0.15, 0.2) is 6.10 Å². The highest BCUT2D eigenvalue weighted by Gasteiger charge is 2.19. The van der Waals surface area contributed by atoms with Crippen LogP contribution >= 0.6 is 0 Å². The Hall–Kier alpha value is -1.59. The summed E-state index contributed by atoms with van der Waals surface area (Å²) in [5.74, 6) is 0.759.